The van der Waals surface area contributed by atoms with Crippen molar-refractivity contribution >= 4 is 0 Å². The summed E-state index contributed by atoms with van der Waals surface area (Å²) in [6.45, 7) is 8.25. The fourth-order valence-corrected chi connectivity index (χ4v) is 3.64. The van der Waals surface area contributed by atoms with Crippen molar-refractivity contribution in [2.24, 2.45) is 5.41 Å². The van der Waals surface area contributed by atoms with Gasteiger partial charge in [0.05, 0.1) is 25.2 Å². The Hall–Kier alpha value is -0.900. The molecule has 3 nitrogen and oxygen atoms in total. The first-order valence-electron chi connectivity index (χ1n) is 7.62. The lowest BCUT2D eigenvalue weighted by Crippen LogP contribution is -2.53. The van der Waals surface area contributed by atoms with Gasteiger partial charge in [0.1, 0.15) is 0 Å². The van der Waals surface area contributed by atoms with E-state index in [0.29, 0.717) is 25.2 Å². The van der Waals surface area contributed by atoms with Gasteiger partial charge in [-0.1, -0.05) is 24.3 Å². The number of aryl methyl sites for hydroxylation is 1. The average Bonchev–Trinajstić information content (AvgIpc) is 2.75. The van der Waals surface area contributed by atoms with Gasteiger partial charge in [0.25, 0.3) is 0 Å². The van der Waals surface area contributed by atoms with Crippen LogP contribution >= 0.6 is 0 Å². The molecule has 2 atom stereocenters. The molecule has 1 aromatic rings. The molecule has 0 radical (unpaired) electrons. The average molecular weight is 275 g/mol. The minimum atomic E-state index is -0.00508. The van der Waals surface area contributed by atoms with E-state index in [4.69, 9.17) is 4.74 Å². The molecule has 110 valence electrons. The second kappa shape index (κ2) is 5.47. The molecule has 1 aromatic carbocycles. The molecule has 0 amide bonds. The summed E-state index contributed by atoms with van der Waals surface area (Å²) < 4.78 is 5.32. The zero-order valence-electron chi connectivity index (χ0n) is 12.5. The van der Waals surface area contributed by atoms with Gasteiger partial charge < -0.3 is 9.84 Å². The number of benzene rings is 1. The van der Waals surface area contributed by atoms with Gasteiger partial charge in [-0.3, -0.25) is 4.90 Å². The fourth-order valence-electron chi connectivity index (χ4n) is 3.64. The summed E-state index contributed by atoms with van der Waals surface area (Å²) in [6, 6.07) is 9.32. The zero-order valence-corrected chi connectivity index (χ0v) is 12.5. The highest BCUT2D eigenvalue weighted by atomic mass is 16.5. The van der Waals surface area contributed by atoms with Crippen LogP contribution in [0.4, 0.5) is 0 Å². The lowest BCUT2D eigenvalue weighted by Gasteiger charge is -2.43. The molecule has 2 saturated heterocycles. The Kier molecular flexibility index (Phi) is 3.85. The van der Waals surface area contributed by atoms with Crippen LogP contribution < -0.4 is 0 Å². The summed E-state index contributed by atoms with van der Waals surface area (Å²) in [5.41, 5.74) is 2.88. The van der Waals surface area contributed by atoms with E-state index < -0.39 is 0 Å². The molecular weight excluding hydrogens is 250 g/mol. The van der Waals surface area contributed by atoms with Crippen LogP contribution in [0.25, 0.3) is 0 Å². The molecule has 3 heteroatoms. The van der Waals surface area contributed by atoms with Crippen molar-refractivity contribution in [1.29, 1.82) is 0 Å². The second-order valence-corrected chi connectivity index (χ2v) is 6.72. The maximum absolute atomic E-state index is 9.60. The van der Waals surface area contributed by atoms with Crippen molar-refractivity contribution in [1.82, 2.24) is 4.90 Å². The van der Waals surface area contributed by atoms with Gasteiger partial charge in [0.2, 0.25) is 0 Å². The highest BCUT2D eigenvalue weighted by molar-refractivity contribution is 5.30. The van der Waals surface area contributed by atoms with E-state index in [2.05, 4.69) is 43.0 Å². The van der Waals surface area contributed by atoms with E-state index in [1.807, 2.05) is 0 Å². The van der Waals surface area contributed by atoms with Gasteiger partial charge in [-0.25, -0.2) is 0 Å². The molecule has 2 fully saturated rings. The Morgan fingerprint density at radius 3 is 2.70 bits per heavy atom. The Morgan fingerprint density at radius 1 is 1.35 bits per heavy atom. The largest absolute Gasteiger partial charge is 0.396 e. The molecule has 0 saturated carbocycles. The van der Waals surface area contributed by atoms with E-state index in [9.17, 15) is 5.11 Å². The molecule has 0 spiro atoms. The predicted octanol–water partition coefficient (Wildman–Crippen LogP) is 2.18. The molecule has 0 aliphatic carbocycles. The molecule has 2 aliphatic rings. The smallest absolute Gasteiger partial charge is 0.0579 e. The van der Waals surface area contributed by atoms with Crippen molar-refractivity contribution < 1.29 is 9.84 Å². The van der Waals surface area contributed by atoms with Gasteiger partial charge >= 0.3 is 0 Å². The highest BCUT2D eigenvalue weighted by Gasteiger charge is 2.42. The molecule has 3 rings (SSSR count). The summed E-state index contributed by atoms with van der Waals surface area (Å²) in [4.78, 5) is 2.54. The predicted molar refractivity (Wildman–Crippen MR) is 79.9 cm³/mol. The molecule has 0 bridgehead atoms. The van der Waals surface area contributed by atoms with E-state index in [0.717, 1.165) is 13.1 Å². The Morgan fingerprint density at radius 2 is 2.10 bits per heavy atom. The van der Waals surface area contributed by atoms with Gasteiger partial charge in [-0.15, -0.1) is 0 Å². The van der Waals surface area contributed by atoms with Crippen LogP contribution in [-0.2, 0) is 4.74 Å². The minimum Gasteiger partial charge on any atom is -0.396 e. The third-order valence-corrected chi connectivity index (χ3v) is 5.02. The standard InChI is InChI=1S/C17H25NO2/c1-13-5-3-4-6-16(13)15-7-14(2)18(8-15)9-17(10-19)11-20-12-17/h3-6,14-15,19H,7-12H2,1-2H3. The first kappa shape index (κ1) is 14.1. The van der Waals surface area contributed by atoms with Crippen molar-refractivity contribution in [2.75, 3.05) is 32.9 Å². The van der Waals surface area contributed by atoms with Crippen molar-refractivity contribution in [3.63, 3.8) is 0 Å². The molecule has 1 N–H and O–H groups in total. The van der Waals surface area contributed by atoms with Crippen molar-refractivity contribution in [3.05, 3.63) is 35.4 Å². The molecule has 2 heterocycles. The maximum Gasteiger partial charge on any atom is 0.0579 e. The summed E-state index contributed by atoms with van der Waals surface area (Å²) >= 11 is 0. The summed E-state index contributed by atoms with van der Waals surface area (Å²) in [7, 11) is 0. The summed E-state index contributed by atoms with van der Waals surface area (Å²) in [5.74, 6) is 0.628. The fraction of sp³-hybridized carbons (Fsp3) is 0.647. The molecule has 20 heavy (non-hydrogen) atoms. The van der Waals surface area contributed by atoms with Crippen molar-refractivity contribution in [2.45, 2.75) is 32.2 Å². The quantitative estimate of drug-likeness (QED) is 0.914. The molecule has 2 aliphatic heterocycles. The van der Waals surface area contributed by atoms with E-state index in [1.165, 1.54) is 17.5 Å². The number of hydrogen-bond donors (Lipinski definition) is 1. The van der Waals surface area contributed by atoms with Crippen LogP contribution in [-0.4, -0.2) is 49.0 Å². The number of ether oxygens (including phenoxy) is 1. The third-order valence-electron chi connectivity index (χ3n) is 5.02. The minimum absolute atomic E-state index is 0.00508. The lowest BCUT2D eigenvalue weighted by molar-refractivity contribution is -0.149. The van der Waals surface area contributed by atoms with Crippen LogP contribution in [0.15, 0.2) is 24.3 Å². The van der Waals surface area contributed by atoms with Crippen LogP contribution in [0, 0.1) is 12.3 Å². The van der Waals surface area contributed by atoms with E-state index in [-0.39, 0.29) is 12.0 Å². The zero-order chi connectivity index (χ0) is 14.2. The summed E-state index contributed by atoms with van der Waals surface area (Å²) in [6.07, 6.45) is 1.22. The Labute approximate surface area is 121 Å². The molecule has 2 unspecified atom stereocenters. The molecular formula is C17H25NO2. The second-order valence-electron chi connectivity index (χ2n) is 6.72. The van der Waals surface area contributed by atoms with E-state index >= 15 is 0 Å². The lowest BCUT2D eigenvalue weighted by atomic mass is 9.86. The number of hydrogen-bond acceptors (Lipinski definition) is 3. The third kappa shape index (κ3) is 2.50. The number of nitrogens with zero attached hydrogens (tertiary/aromatic N) is 1. The molecule has 0 aromatic heterocycles. The van der Waals surface area contributed by atoms with Crippen LogP contribution in [0.5, 0.6) is 0 Å². The Bertz CT molecular complexity index is 464. The number of aliphatic hydroxyl groups excluding tert-OH is 1. The van der Waals surface area contributed by atoms with Gasteiger partial charge in [-0.2, -0.15) is 0 Å². The topological polar surface area (TPSA) is 32.7 Å². The first-order chi connectivity index (χ1) is 9.63. The highest BCUT2D eigenvalue weighted by Crippen LogP contribution is 2.37. The Balaban J connectivity index is 1.69. The number of aliphatic hydroxyl groups is 1. The number of likely N-dealkylation sites (tertiary alicyclic amines) is 1. The van der Waals surface area contributed by atoms with Crippen LogP contribution in [0.2, 0.25) is 0 Å². The normalized spacial score (nSPS) is 29.4. The SMILES string of the molecule is Cc1ccccc1C1CC(C)N(CC2(CO)COC2)C1. The van der Waals surface area contributed by atoms with E-state index in [1.54, 1.807) is 0 Å². The van der Waals surface area contributed by atoms with Crippen LogP contribution in [0.1, 0.15) is 30.4 Å². The van der Waals surface area contributed by atoms with Crippen molar-refractivity contribution in [3.8, 4) is 0 Å². The maximum atomic E-state index is 9.60. The van der Waals surface area contributed by atoms with Crippen LogP contribution in [0.3, 0.4) is 0 Å². The van der Waals surface area contributed by atoms with Gasteiger partial charge in [-0.05, 0) is 37.3 Å². The first-order valence-corrected chi connectivity index (χ1v) is 7.62. The number of rotatable bonds is 4. The summed E-state index contributed by atoms with van der Waals surface area (Å²) in [5, 5.41) is 9.60. The van der Waals surface area contributed by atoms with Gasteiger partial charge in [0.15, 0.2) is 0 Å². The van der Waals surface area contributed by atoms with Gasteiger partial charge in [0, 0.05) is 19.1 Å². The monoisotopic (exact) mass is 275 g/mol.